The summed E-state index contributed by atoms with van der Waals surface area (Å²) in [6, 6.07) is 0. The van der Waals surface area contributed by atoms with Gasteiger partial charge in [0.2, 0.25) is 0 Å². The standard InChI is InChI=1S/3C5H8O2.C3H6O2.2Zn/c3*1-4(6)3-5(2)7;1-2-3(4)5;;/h3*3,6H,1-2H3;2H2,1H3,(H,4,5);;/q;;;;;+2/p-3/b3*4-3-;;;. The number of carboxylic acid groups (broad SMARTS) is 1. The summed E-state index contributed by atoms with van der Waals surface area (Å²) >= 11 is 0. The molecule has 0 bridgehead atoms. The Morgan fingerprint density at radius 1 is 0.679 bits per heavy atom. The summed E-state index contributed by atoms with van der Waals surface area (Å²) in [6.45, 7) is 9.69. The molecular weight excluding hydrogens is 475 g/mol. The molecule has 0 spiro atoms. The maximum atomic E-state index is 9.98. The summed E-state index contributed by atoms with van der Waals surface area (Å²) in [5.74, 6) is -1.87. The maximum Gasteiger partial charge on any atom is 2.00 e. The first-order valence-electron chi connectivity index (χ1n) is 7.45. The molecule has 0 aromatic heterocycles. The van der Waals surface area contributed by atoms with Crippen LogP contribution in [0.5, 0.6) is 0 Å². The minimum Gasteiger partial charge on any atom is -0.876 e. The summed E-state index contributed by atoms with van der Waals surface area (Å²) in [5, 5.41) is 37.7. The van der Waals surface area contributed by atoms with E-state index in [0.717, 1.165) is 18.2 Å². The Morgan fingerprint density at radius 3 is 0.821 bits per heavy atom. The van der Waals surface area contributed by atoms with Crippen LogP contribution in [0.1, 0.15) is 54.9 Å². The van der Waals surface area contributed by atoms with E-state index in [1.807, 2.05) is 0 Å². The first-order valence-corrected chi connectivity index (χ1v) is 7.45. The van der Waals surface area contributed by atoms with Crippen molar-refractivity contribution in [1.82, 2.24) is 0 Å². The zero-order valence-corrected chi connectivity index (χ0v) is 23.6. The third-order valence-electron chi connectivity index (χ3n) is 1.52. The molecule has 0 aromatic carbocycles. The van der Waals surface area contributed by atoms with Gasteiger partial charge in [-0.1, -0.05) is 27.7 Å². The third-order valence-corrected chi connectivity index (χ3v) is 1.52. The molecule has 1 N–H and O–H groups in total. The summed E-state index contributed by atoms with van der Waals surface area (Å²) in [6.07, 6.45) is 3.39. The molecule has 152 valence electrons. The van der Waals surface area contributed by atoms with Crippen LogP contribution in [0.4, 0.5) is 0 Å². The Morgan fingerprint density at radius 2 is 0.821 bits per heavy atom. The molecule has 0 atom stereocenters. The SMILES string of the molecule is CC(=O)/C=C(/C)[O-].CC(=O)/C=C(/C)[O-].CC(=O)/C=C(/C)[O-].CCC(=O)O.[Zn+2].[Zn]. The first-order chi connectivity index (χ1) is 11.6. The van der Waals surface area contributed by atoms with E-state index >= 15 is 0 Å². The minimum absolute atomic E-state index is 0. The van der Waals surface area contributed by atoms with Crippen LogP contribution in [0.25, 0.3) is 0 Å². The van der Waals surface area contributed by atoms with Crippen LogP contribution >= 0.6 is 0 Å². The van der Waals surface area contributed by atoms with Crippen molar-refractivity contribution in [2.45, 2.75) is 54.9 Å². The quantitative estimate of drug-likeness (QED) is 0.320. The number of ketones is 3. The smallest absolute Gasteiger partial charge is 0.876 e. The fourth-order valence-corrected chi connectivity index (χ4v) is 0.859. The third kappa shape index (κ3) is 87.1. The van der Waals surface area contributed by atoms with Crippen molar-refractivity contribution < 1.29 is 78.6 Å². The van der Waals surface area contributed by atoms with Gasteiger partial charge in [-0.15, -0.1) is 17.3 Å². The van der Waals surface area contributed by atoms with E-state index in [1.54, 1.807) is 6.92 Å². The molecule has 0 aliphatic heterocycles. The molecule has 0 fully saturated rings. The molecule has 0 radical (unpaired) electrons. The molecule has 28 heavy (non-hydrogen) atoms. The molecule has 0 saturated heterocycles. The van der Waals surface area contributed by atoms with E-state index < -0.39 is 5.97 Å². The molecule has 0 saturated carbocycles. The second kappa shape index (κ2) is 27.6. The Hall–Kier alpha value is -1.65. The molecular formula is C18H27O8Zn2-. The van der Waals surface area contributed by atoms with Gasteiger partial charge in [0, 0.05) is 25.9 Å². The minimum atomic E-state index is -0.745. The number of carboxylic acids is 1. The molecule has 0 rings (SSSR count). The van der Waals surface area contributed by atoms with Gasteiger partial charge in [0.15, 0.2) is 17.3 Å². The van der Waals surface area contributed by atoms with Crippen LogP contribution in [-0.2, 0) is 58.1 Å². The van der Waals surface area contributed by atoms with E-state index in [4.69, 9.17) is 5.11 Å². The van der Waals surface area contributed by atoms with Crippen molar-refractivity contribution >= 4 is 23.3 Å². The van der Waals surface area contributed by atoms with Gasteiger partial charge in [-0.25, -0.2) is 0 Å². The van der Waals surface area contributed by atoms with Crippen LogP contribution in [0, 0.1) is 0 Å². The van der Waals surface area contributed by atoms with Gasteiger partial charge in [0.25, 0.3) is 0 Å². The van der Waals surface area contributed by atoms with Crippen LogP contribution < -0.4 is 15.3 Å². The molecule has 10 heteroatoms. The summed E-state index contributed by atoms with van der Waals surface area (Å²) < 4.78 is 0. The van der Waals surface area contributed by atoms with E-state index in [-0.39, 0.29) is 80.0 Å². The number of aliphatic carboxylic acids is 1. The summed E-state index contributed by atoms with van der Waals surface area (Å²) in [5.41, 5.74) is 0. The Balaban J connectivity index is -0.0000000567. The largest absolute Gasteiger partial charge is 2.00 e. The van der Waals surface area contributed by atoms with Gasteiger partial charge in [-0.3, -0.25) is 19.2 Å². The average Bonchev–Trinajstić information content (AvgIpc) is 2.35. The van der Waals surface area contributed by atoms with Gasteiger partial charge >= 0.3 is 25.4 Å². The predicted molar refractivity (Wildman–Crippen MR) is 91.2 cm³/mol. The van der Waals surface area contributed by atoms with E-state index in [2.05, 4.69) is 0 Å². The van der Waals surface area contributed by atoms with Gasteiger partial charge in [-0.05, 0) is 39.0 Å². The van der Waals surface area contributed by atoms with Crippen molar-refractivity contribution in [3.05, 3.63) is 35.5 Å². The molecule has 0 amide bonds. The molecule has 0 aromatic rings. The topological polar surface area (TPSA) is 158 Å². The van der Waals surface area contributed by atoms with Gasteiger partial charge in [0.05, 0.1) is 0 Å². The predicted octanol–water partition coefficient (Wildman–Crippen LogP) is -0.00550. The average molecular weight is 502 g/mol. The Bertz CT molecular complexity index is 471. The fourth-order valence-electron chi connectivity index (χ4n) is 0.859. The van der Waals surface area contributed by atoms with E-state index in [1.165, 1.54) is 41.5 Å². The van der Waals surface area contributed by atoms with Crippen molar-refractivity contribution in [1.29, 1.82) is 0 Å². The van der Waals surface area contributed by atoms with Crippen LogP contribution in [0.2, 0.25) is 0 Å². The van der Waals surface area contributed by atoms with Crippen LogP contribution in [0.15, 0.2) is 35.5 Å². The second-order valence-corrected chi connectivity index (χ2v) is 4.84. The van der Waals surface area contributed by atoms with Crippen molar-refractivity contribution in [3.63, 3.8) is 0 Å². The number of allylic oxidation sites excluding steroid dienone is 6. The molecule has 0 unspecified atom stereocenters. The summed E-state index contributed by atoms with van der Waals surface area (Å²) in [7, 11) is 0. The fraction of sp³-hybridized carbons (Fsp3) is 0.444. The molecule has 0 aliphatic carbocycles. The monoisotopic (exact) mass is 499 g/mol. The van der Waals surface area contributed by atoms with Gasteiger partial charge in [-0.2, -0.15) is 0 Å². The second-order valence-electron chi connectivity index (χ2n) is 4.84. The van der Waals surface area contributed by atoms with Crippen LogP contribution in [0.3, 0.4) is 0 Å². The van der Waals surface area contributed by atoms with Crippen molar-refractivity contribution in [2.24, 2.45) is 0 Å². The van der Waals surface area contributed by atoms with Crippen molar-refractivity contribution in [3.8, 4) is 0 Å². The zero-order chi connectivity index (χ0) is 21.9. The molecule has 0 heterocycles. The number of rotatable bonds is 4. The number of hydrogen-bond donors (Lipinski definition) is 1. The van der Waals surface area contributed by atoms with Crippen molar-refractivity contribution in [2.75, 3.05) is 0 Å². The molecule has 8 nitrogen and oxygen atoms in total. The van der Waals surface area contributed by atoms with E-state index in [0.29, 0.717) is 0 Å². The number of carbonyl (C=O) groups excluding carboxylic acids is 3. The van der Waals surface area contributed by atoms with Gasteiger partial charge in [0.1, 0.15) is 0 Å². The zero-order valence-electron chi connectivity index (χ0n) is 17.7. The molecule has 0 aliphatic rings. The Kier molecular flexibility index (Phi) is 40.3. The van der Waals surface area contributed by atoms with Gasteiger partial charge < -0.3 is 20.4 Å². The van der Waals surface area contributed by atoms with Crippen LogP contribution in [-0.4, -0.2) is 28.4 Å². The summed E-state index contributed by atoms with van der Waals surface area (Å²) in [4.78, 5) is 39.3. The van der Waals surface area contributed by atoms with E-state index in [9.17, 15) is 34.5 Å². The Labute approximate surface area is 191 Å². The maximum absolute atomic E-state index is 9.98. The normalized spacial score (nSPS) is 9.89. The first kappa shape index (κ1) is 40.9. The number of carbonyl (C=O) groups is 4. The number of hydrogen-bond acceptors (Lipinski definition) is 7.